The number of nitriles is 3. The number of nitrogens with one attached hydrogen (secondary N) is 1. The Kier molecular flexibility index (Phi) is 5.38. The third kappa shape index (κ3) is 3.30. The first-order valence-corrected chi connectivity index (χ1v) is 10.1. The van der Waals surface area contributed by atoms with Crippen molar-refractivity contribution in [3.05, 3.63) is 83.2 Å². The van der Waals surface area contributed by atoms with E-state index in [9.17, 15) is 20.2 Å². The maximum Gasteiger partial charge on any atom is 0.189 e. The second-order valence-corrected chi connectivity index (χ2v) is 8.00. The molecule has 1 fully saturated rings. The summed E-state index contributed by atoms with van der Waals surface area (Å²) in [5.74, 6) is -2.76. The van der Waals surface area contributed by atoms with Gasteiger partial charge in [0, 0.05) is 31.5 Å². The lowest BCUT2D eigenvalue weighted by Gasteiger charge is -2.47. The molecule has 1 aliphatic carbocycles. The van der Waals surface area contributed by atoms with Gasteiger partial charge in [-0.2, -0.15) is 15.8 Å². The van der Waals surface area contributed by atoms with Crippen LogP contribution in [0.2, 0.25) is 0 Å². The third-order valence-corrected chi connectivity index (χ3v) is 6.36. The Labute approximate surface area is 180 Å². The van der Waals surface area contributed by atoms with Crippen molar-refractivity contribution in [2.45, 2.75) is 12.5 Å². The number of halogens is 1. The van der Waals surface area contributed by atoms with Crippen LogP contribution in [0.4, 0.5) is 4.39 Å². The molecule has 3 atom stereocenters. The van der Waals surface area contributed by atoms with E-state index in [2.05, 4.69) is 11.0 Å². The molecule has 6 heteroatoms. The Hall–Kier alpha value is -3.79. The Morgan fingerprint density at radius 3 is 2.35 bits per heavy atom. The van der Waals surface area contributed by atoms with Crippen LogP contribution in [0.3, 0.4) is 0 Å². The average molecular weight is 409 g/mol. The van der Waals surface area contributed by atoms with E-state index in [1.165, 1.54) is 6.07 Å². The van der Waals surface area contributed by atoms with Crippen molar-refractivity contribution in [2.24, 2.45) is 17.3 Å². The minimum absolute atomic E-state index is 0.240. The normalized spacial score (nSPS) is 24.8. The molecule has 0 aromatic heterocycles. The predicted molar refractivity (Wildman–Crippen MR) is 113 cm³/mol. The summed E-state index contributed by atoms with van der Waals surface area (Å²) in [5, 5.41) is 38.5. The fraction of sp³-hybridized carbons (Fsp3) is 0.280. The van der Waals surface area contributed by atoms with Gasteiger partial charge in [-0.1, -0.05) is 54.6 Å². The van der Waals surface area contributed by atoms with E-state index in [0.717, 1.165) is 5.56 Å². The van der Waals surface area contributed by atoms with Crippen LogP contribution < -0.4 is 0 Å². The summed E-state index contributed by atoms with van der Waals surface area (Å²) in [6.45, 7) is 1.71. The molecule has 152 valence electrons. The highest BCUT2D eigenvalue weighted by atomic mass is 19.1. The van der Waals surface area contributed by atoms with Crippen LogP contribution >= 0.6 is 0 Å². The Morgan fingerprint density at radius 2 is 1.71 bits per heavy atom. The first-order valence-electron chi connectivity index (χ1n) is 10.1. The van der Waals surface area contributed by atoms with Gasteiger partial charge in [-0.3, -0.25) is 4.90 Å². The van der Waals surface area contributed by atoms with Gasteiger partial charge in [0.2, 0.25) is 0 Å². The number of rotatable bonds is 3. The topological polar surface area (TPSA) is 98.5 Å². The van der Waals surface area contributed by atoms with Gasteiger partial charge in [-0.15, -0.1) is 0 Å². The second-order valence-electron chi connectivity index (χ2n) is 8.00. The summed E-state index contributed by atoms with van der Waals surface area (Å²) in [6, 6.07) is 22.2. The van der Waals surface area contributed by atoms with Crippen molar-refractivity contribution < 1.29 is 4.39 Å². The van der Waals surface area contributed by atoms with Gasteiger partial charge in [0.05, 0.1) is 23.9 Å². The highest BCUT2D eigenvalue weighted by Crippen LogP contribution is 2.53. The molecule has 1 unspecified atom stereocenters. The van der Waals surface area contributed by atoms with Crippen molar-refractivity contribution in [1.29, 1.82) is 21.2 Å². The minimum atomic E-state index is -1.90. The number of benzene rings is 2. The van der Waals surface area contributed by atoms with E-state index in [-0.39, 0.29) is 11.3 Å². The van der Waals surface area contributed by atoms with Crippen molar-refractivity contribution in [1.82, 2.24) is 4.90 Å². The first-order chi connectivity index (χ1) is 15.1. The average Bonchev–Trinajstić information content (AvgIpc) is 2.80. The maximum atomic E-state index is 14.9. The Morgan fingerprint density at radius 1 is 1.03 bits per heavy atom. The lowest BCUT2D eigenvalue weighted by Crippen LogP contribution is -2.53. The van der Waals surface area contributed by atoms with Gasteiger partial charge >= 0.3 is 0 Å². The van der Waals surface area contributed by atoms with Crippen LogP contribution in [-0.2, 0) is 6.54 Å². The van der Waals surface area contributed by atoms with Gasteiger partial charge < -0.3 is 5.41 Å². The molecule has 2 aliphatic rings. The molecule has 4 rings (SSSR count). The zero-order valence-electron chi connectivity index (χ0n) is 16.8. The monoisotopic (exact) mass is 409 g/mol. The van der Waals surface area contributed by atoms with Crippen molar-refractivity contribution in [2.75, 3.05) is 13.1 Å². The molecule has 0 amide bonds. The fourth-order valence-corrected chi connectivity index (χ4v) is 4.91. The Balaban J connectivity index is 1.83. The summed E-state index contributed by atoms with van der Waals surface area (Å²) >= 11 is 0. The van der Waals surface area contributed by atoms with Crippen LogP contribution in [-0.4, -0.2) is 23.7 Å². The van der Waals surface area contributed by atoms with Gasteiger partial charge in [0.25, 0.3) is 0 Å². The van der Waals surface area contributed by atoms with Crippen LogP contribution in [0.1, 0.15) is 17.0 Å². The molecule has 2 aromatic carbocycles. The van der Waals surface area contributed by atoms with E-state index in [1.807, 2.05) is 48.5 Å². The molecular weight excluding hydrogens is 389 g/mol. The summed E-state index contributed by atoms with van der Waals surface area (Å²) in [4.78, 5) is 2.17. The van der Waals surface area contributed by atoms with Gasteiger partial charge in [0.15, 0.2) is 5.41 Å². The molecule has 0 bridgehead atoms. The predicted octanol–water partition coefficient (Wildman–Crippen LogP) is 4.17. The fourth-order valence-electron chi connectivity index (χ4n) is 4.91. The van der Waals surface area contributed by atoms with Crippen molar-refractivity contribution in [3.8, 4) is 18.2 Å². The molecule has 0 radical (unpaired) electrons. The standard InChI is InChI=1S/C25H20FN5/c26-22-9-5-4-8-19(22)23-21-14-31(13-17-6-2-1-3-7-17)11-10-18(21)20(12-27)24(30)25(23,15-28)16-29/h1-10,20-21,23,30H,11,13-14H2/t20?,21-,23+/m1/s1. The van der Waals surface area contributed by atoms with Crippen molar-refractivity contribution in [3.63, 3.8) is 0 Å². The molecule has 2 aromatic rings. The Bertz CT molecular complexity index is 1150. The molecule has 5 nitrogen and oxygen atoms in total. The zero-order chi connectivity index (χ0) is 22.0. The highest BCUT2D eigenvalue weighted by molar-refractivity contribution is 6.00. The number of hydrogen-bond acceptors (Lipinski definition) is 5. The largest absolute Gasteiger partial charge is 0.305 e. The van der Waals surface area contributed by atoms with E-state index < -0.39 is 29.0 Å². The van der Waals surface area contributed by atoms with Gasteiger partial charge in [0.1, 0.15) is 11.7 Å². The molecule has 31 heavy (non-hydrogen) atoms. The second kappa shape index (κ2) is 8.15. The van der Waals surface area contributed by atoms with E-state index in [1.54, 1.807) is 18.2 Å². The summed E-state index contributed by atoms with van der Waals surface area (Å²) < 4.78 is 14.9. The lowest BCUT2D eigenvalue weighted by atomic mass is 9.54. The van der Waals surface area contributed by atoms with Crippen LogP contribution in [0.5, 0.6) is 0 Å². The third-order valence-electron chi connectivity index (χ3n) is 6.36. The molecule has 1 aliphatic heterocycles. The van der Waals surface area contributed by atoms with E-state index >= 15 is 0 Å². The van der Waals surface area contributed by atoms with Crippen LogP contribution in [0.25, 0.3) is 0 Å². The number of nitrogens with zero attached hydrogens (tertiary/aromatic N) is 4. The molecule has 1 heterocycles. The summed E-state index contributed by atoms with van der Waals surface area (Å²) in [7, 11) is 0. The quantitative estimate of drug-likeness (QED) is 0.769. The number of hydrogen-bond donors (Lipinski definition) is 1. The smallest absolute Gasteiger partial charge is 0.189 e. The number of fused-ring (bicyclic) bond motifs is 1. The lowest BCUT2D eigenvalue weighted by molar-refractivity contribution is 0.196. The van der Waals surface area contributed by atoms with E-state index in [4.69, 9.17) is 5.41 Å². The molecule has 0 saturated heterocycles. The van der Waals surface area contributed by atoms with E-state index in [0.29, 0.717) is 25.2 Å². The summed E-state index contributed by atoms with van der Waals surface area (Å²) in [6.07, 6.45) is 1.92. The zero-order valence-corrected chi connectivity index (χ0v) is 16.8. The molecular formula is C25H20FN5. The first kappa shape index (κ1) is 20.5. The molecule has 0 spiro atoms. The summed E-state index contributed by atoms with van der Waals surface area (Å²) in [5.41, 5.74) is -0.0861. The highest BCUT2D eigenvalue weighted by Gasteiger charge is 2.58. The van der Waals surface area contributed by atoms with Gasteiger partial charge in [-0.25, -0.2) is 4.39 Å². The molecule has 1 N–H and O–H groups in total. The maximum absolute atomic E-state index is 14.9. The SMILES string of the molecule is N#CC1C(=N)C(C#N)(C#N)[C@@H](c2ccccc2F)[C@@H]2CN(Cc3ccccc3)CC=C12. The minimum Gasteiger partial charge on any atom is -0.305 e. The molecule has 1 saturated carbocycles. The van der Waals surface area contributed by atoms with Crippen LogP contribution in [0.15, 0.2) is 66.2 Å². The van der Waals surface area contributed by atoms with Crippen molar-refractivity contribution >= 4 is 5.71 Å². The van der Waals surface area contributed by atoms with Crippen LogP contribution in [0, 0.1) is 62.5 Å². The van der Waals surface area contributed by atoms with Gasteiger partial charge in [-0.05, 0) is 22.8 Å².